The Morgan fingerprint density at radius 1 is 1.21 bits per heavy atom. The van der Waals surface area contributed by atoms with Crippen LogP contribution in [0, 0.1) is 11.3 Å². The molecule has 0 radical (unpaired) electrons. The Hall–Kier alpha value is -3.86. The summed E-state index contributed by atoms with van der Waals surface area (Å²) in [5.74, 6) is -0.492. The molecule has 29 heavy (non-hydrogen) atoms. The summed E-state index contributed by atoms with van der Waals surface area (Å²) >= 11 is 0. The molecule has 1 N–H and O–H groups in total. The molecule has 2 aromatic carbocycles. The quantitative estimate of drug-likeness (QED) is 0.595. The zero-order valence-corrected chi connectivity index (χ0v) is 16.0. The first-order chi connectivity index (χ1) is 13.9. The number of methoxy groups -OCH3 is 1. The number of benzene rings is 2. The van der Waals surface area contributed by atoms with E-state index in [1.165, 1.54) is 13.2 Å². The van der Waals surface area contributed by atoms with Crippen molar-refractivity contribution < 1.29 is 23.9 Å². The summed E-state index contributed by atoms with van der Waals surface area (Å²) in [7, 11) is 1.29. The average Bonchev–Trinajstić information content (AvgIpc) is 2.97. The lowest BCUT2D eigenvalue weighted by molar-refractivity contribution is -0.131. The number of carbonyl (C=O) groups excluding carboxylic acids is 3. The lowest BCUT2D eigenvalue weighted by atomic mass is 9.91. The van der Waals surface area contributed by atoms with Crippen LogP contribution in [0.1, 0.15) is 28.4 Å². The summed E-state index contributed by atoms with van der Waals surface area (Å²) in [6.45, 7) is 1.68. The van der Waals surface area contributed by atoms with Crippen molar-refractivity contribution in [2.24, 2.45) is 0 Å². The van der Waals surface area contributed by atoms with E-state index < -0.39 is 23.4 Å². The Bertz CT molecular complexity index is 1010. The number of rotatable bonds is 6. The second-order valence-corrected chi connectivity index (χ2v) is 6.57. The van der Waals surface area contributed by atoms with Gasteiger partial charge in [-0.2, -0.15) is 5.26 Å². The molecule has 3 amide bonds. The number of nitrogens with one attached hydrogen (secondary N) is 1. The van der Waals surface area contributed by atoms with Crippen molar-refractivity contribution in [2.45, 2.75) is 12.5 Å². The van der Waals surface area contributed by atoms with Crippen molar-refractivity contribution in [2.75, 3.05) is 20.3 Å². The van der Waals surface area contributed by atoms with Gasteiger partial charge in [0.1, 0.15) is 17.9 Å². The van der Waals surface area contributed by atoms with E-state index in [4.69, 9.17) is 10.00 Å². The molecule has 1 aliphatic heterocycles. The highest BCUT2D eigenvalue weighted by Gasteiger charge is 2.48. The van der Waals surface area contributed by atoms with E-state index in [0.717, 1.165) is 4.90 Å². The molecule has 1 saturated heterocycles. The molecule has 8 nitrogen and oxygen atoms in total. The lowest BCUT2D eigenvalue weighted by Gasteiger charge is -2.22. The van der Waals surface area contributed by atoms with Crippen LogP contribution in [0.2, 0.25) is 0 Å². The van der Waals surface area contributed by atoms with Crippen LogP contribution < -0.4 is 10.1 Å². The normalized spacial score (nSPS) is 18.2. The largest absolute Gasteiger partial charge is 0.492 e. The van der Waals surface area contributed by atoms with E-state index in [-0.39, 0.29) is 13.2 Å². The highest BCUT2D eigenvalue weighted by molar-refractivity contribution is 6.07. The molecule has 0 unspecified atom stereocenters. The van der Waals surface area contributed by atoms with Gasteiger partial charge in [0.25, 0.3) is 5.91 Å². The number of nitrogens with zero attached hydrogens (tertiary/aromatic N) is 2. The van der Waals surface area contributed by atoms with Crippen molar-refractivity contribution in [1.29, 1.82) is 5.26 Å². The van der Waals surface area contributed by atoms with Crippen LogP contribution in [0.5, 0.6) is 5.75 Å². The zero-order valence-electron chi connectivity index (χ0n) is 16.0. The third-order valence-corrected chi connectivity index (χ3v) is 4.68. The second-order valence-electron chi connectivity index (χ2n) is 6.57. The Labute approximate surface area is 167 Å². The first-order valence-electron chi connectivity index (χ1n) is 8.85. The van der Waals surface area contributed by atoms with E-state index >= 15 is 0 Å². The number of esters is 1. The highest BCUT2D eigenvalue weighted by Crippen LogP contribution is 2.29. The fraction of sp³-hybridized carbons (Fsp3) is 0.238. The van der Waals surface area contributed by atoms with Crippen LogP contribution in [0.25, 0.3) is 0 Å². The van der Waals surface area contributed by atoms with Gasteiger partial charge in [0, 0.05) is 0 Å². The van der Waals surface area contributed by atoms with Crippen molar-refractivity contribution in [3.05, 3.63) is 65.2 Å². The third kappa shape index (κ3) is 3.89. The first kappa shape index (κ1) is 19.9. The van der Waals surface area contributed by atoms with E-state index in [9.17, 15) is 14.4 Å². The molecule has 0 spiro atoms. The molecular formula is C21H19N3O5. The number of hydrogen-bond donors (Lipinski definition) is 1. The predicted molar refractivity (Wildman–Crippen MR) is 102 cm³/mol. The van der Waals surface area contributed by atoms with E-state index in [1.54, 1.807) is 49.4 Å². The second kappa shape index (κ2) is 8.02. The Morgan fingerprint density at radius 3 is 2.69 bits per heavy atom. The first-order valence-corrected chi connectivity index (χ1v) is 8.85. The summed E-state index contributed by atoms with van der Waals surface area (Å²) in [6.07, 6.45) is 0. The van der Waals surface area contributed by atoms with Crippen LogP contribution in [-0.2, 0) is 15.1 Å². The Balaban J connectivity index is 1.68. The number of imide groups is 1. The topological polar surface area (TPSA) is 109 Å². The van der Waals surface area contributed by atoms with Crippen LogP contribution in [0.4, 0.5) is 4.79 Å². The summed E-state index contributed by atoms with van der Waals surface area (Å²) in [6, 6.07) is 14.5. The van der Waals surface area contributed by atoms with Gasteiger partial charge in [0.15, 0.2) is 0 Å². The van der Waals surface area contributed by atoms with Crippen LogP contribution >= 0.6 is 0 Å². The van der Waals surface area contributed by atoms with Crippen molar-refractivity contribution in [1.82, 2.24) is 10.2 Å². The monoisotopic (exact) mass is 393 g/mol. The molecule has 1 fully saturated rings. The molecule has 2 aromatic rings. The molecule has 148 valence electrons. The maximum Gasteiger partial charge on any atom is 0.337 e. The molecule has 0 aliphatic carbocycles. The van der Waals surface area contributed by atoms with Gasteiger partial charge >= 0.3 is 12.0 Å². The van der Waals surface area contributed by atoms with Gasteiger partial charge in [-0.05, 0) is 42.8 Å². The van der Waals surface area contributed by atoms with Gasteiger partial charge in [-0.25, -0.2) is 9.59 Å². The van der Waals surface area contributed by atoms with E-state index in [1.807, 2.05) is 6.07 Å². The van der Waals surface area contributed by atoms with Gasteiger partial charge in [-0.3, -0.25) is 9.69 Å². The molecule has 1 atom stereocenters. The van der Waals surface area contributed by atoms with Gasteiger partial charge in [0.2, 0.25) is 0 Å². The minimum absolute atomic E-state index is 0.0284. The molecule has 0 aromatic heterocycles. The highest BCUT2D eigenvalue weighted by atomic mass is 16.5. The molecular weight excluding hydrogens is 374 g/mol. The minimum Gasteiger partial charge on any atom is -0.492 e. The maximum atomic E-state index is 12.9. The fourth-order valence-corrected chi connectivity index (χ4v) is 3.08. The number of amides is 3. The van der Waals surface area contributed by atoms with E-state index in [2.05, 4.69) is 10.1 Å². The number of ether oxygens (including phenoxy) is 2. The number of hydrogen-bond acceptors (Lipinski definition) is 6. The van der Waals surface area contributed by atoms with Crippen molar-refractivity contribution >= 4 is 17.9 Å². The average molecular weight is 393 g/mol. The molecule has 3 rings (SSSR count). The van der Waals surface area contributed by atoms with Crippen LogP contribution in [0.15, 0.2) is 48.5 Å². The summed E-state index contributed by atoms with van der Waals surface area (Å²) in [4.78, 5) is 37.9. The SMILES string of the molecule is COC(=O)c1cccc(OCCN2C(=O)N[C@@](C)(c3cccc(C#N)c3)C2=O)c1. The van der Waals surface area contributed by atoms with Crippen LogP contribution in [-0.4, -0.2) is 43.1 Å². The molecule has 8 heteroatoms. The smallest absolute Gasteiger partial charge is 0.337 e. The number of carbonyl (C=O) groups is 3. The molecule has 1 heterocycles. The number of nitriles is 1. The Morgan fingerprint density at radius 2 is 1.97 bits per heavy atom. The minimum atomic E-state index is -1.26. The van der Waals surface area contributed by atoms with Gasteiger partial charge in [-0.1, -0.05) is 18.2 Å². The van der Waals surface area contributed by atoms with Gasteiger partial charge in [0.05, 0.1) is 30.9 Å². The van der Waals surface area contributed by atoms with Crippen LogP contribution in [0.3, 0.4) is 0 Å². The maximum absolute atomic E-state index is 12.9. The van der Waals surface area contributed by atoms with Gasteiger partial charge in [-0.15, -0.1) is 0 Å². The van der Waals surface area contributed by atoms with Crippen molar-refractivity contribution in [3.63, 3.8) is 0 Å². The zero-order chi connectivity index (χ0) is 21.0. The molecule has 0 saturated carbocycles. The fourth-order valence-electron chi connectivity index (χ4n) is 3.08. The summed E-state index contributed by atoms with van der Waals surface area (Å²) in [5, 5.41) is 11.8. The lowest BCUT2D eigenvalue weighted by Crippen LogP contribution is -2.41. The van der Waals surface area contributed by atoms with Gasteiger partial charge < -0.3 is 14.8 Å². The Kier molecular flexibility index (Phi) is 5.50. The molecule has 0 bridgehead atoms. The van der Waals surface area contributed by atoms with Crippen molar-refractivity contribution in [3.8, 4) is 11.8 Å². The van der Waals surface area contributed by atoms with E-state index in [0.29, 0.717) is 22.4 Å². The number of urea groups is 1. The summed E-state index contributed by atoms with van der Waals surface area (Å²) < 4.78 is 10.3. The third-order valence-electron chi connectivity index (χ3n) is 4.68. The standard InChI is InChI=1S/C21H19N3O5/c1-21(16-7-3-5-14(11-16)13-22)19(26)24(20(27)23-21)9-10-29-17-8-4-6-15(12-17)18(25)28-2/h3-8,11-12H,9-10H2,1-2H3,(H,23,27)/t21-/m0/s1. The molecule has 1 aliphatic rings. The predicted octanol–water partition coefficient (Wildman–Crippen LogP) is 2.19. The summed E-state index contributed by atoms with van der Waals surface area (Å²) in [5.41, 5.74) is 0.0152.